The molecule has 8 nitrogen and oxygen atoms in total. The fraction of sp³-hybridized carbons (Fsp3) is 0.481. The van der Waals surface area contributed by atoms with Crippen molar-refractivity contribution in [3.05, 3.63) is 94.9 Å². The highest BCUT2D eigenvalue weighted by atomic mass is 32.1. The Bertz CT molecular complexity index is 930. The third-order valence-electron chi connectivity index (χ3n) is 5.72. The number of thiol groups is 1. The van der Waals surface area contributed by atoms with Crippen molar-refractivity contribution in [2.24, 2.45) is 5.11 Å². The minimum Gasteiger partial charge on any atom is -0.374 e. The largest absolute Gasteiger partial charge is 0.374 e. The molecule has 9 heteroatoms. The van der Waals surface area contributed by atoms with Crippen LogP contribution in [0.4, 0.5) is 0 Å². The summed E-state index contributed by atoms with van der Waals surface area (Å²) >= 11 is 4.26. The van der Waals surface area contributed by atoms with Crippen LogP contribution in [0, 0.1) is 0 Å². The van der Waals surface area contributed by atoms with E-state index in [4.69, 9.17) is 23.7 Å². The Morgan fingerprint density at radius 2 is 1.64 bits per heavy atom. The molecule has 36 heavy (non-hydrogen) atoms. The van der Waals surface area contributed by atoms with Gasteiger partial charge in [0.1, 0.15) is 24.4 Å². The average molecular weight is 514 g/mol. The fourth-order valence-corrected chi connectivity index (χ4v) is 4.19. The number of nitrogens with zero attached hydrogens (tertiary/aromatic N) is 3. The summed E-state index contributed by atoms with van der Waals surface area (Å²) in [6.07, 6.45) is 0.909. The Balaban J connectivity index is 1.80. The predicted molar refractivity (Wildman–Crippen MR) is 142 cm³/mol. The van der Waals surface area contributed by atoms with Crippen LogP contribution in [-0.4, -0.2) is 56.2 Å². The summed E-state index contributed by atoms with van der Waals surface area (Å²) in [5.41, 5.74) is 11.4. The van der Waals surface area contributed by atoms with Gasteiger partial charge in [-0.15, -0.1) is 6.58 Å². The molecule has 0 aliphatic carbocycles. The van der Waals surface area contributed by atoms with Crippen LogP contribution >= 0.6 is 12.6 Å². The van der Waals surface area contributed by atoms with E-state index in [1.165, 1.54) is 0 Å². The number of ether oxygens (including phenoxy) is 5. The number of unbranched alkanes of at least 4 members (excludes halogenated alkanes) is 1. The quantitative estimate of drug-likeness (QED) is 0.0800. The third-order valence-corrected chi connectivity index (χ3v) is 6.04. The highest BCUT2D eigenvalue weighted by Crippen LogP contribution is 2.30. The highest BCUT2D eigenvalue weighted by Gasteiger charge is 2.47. The van der Waals surface area contributed by atoms with Gasteiger partial charge >= 0.3 is 0 Å². The van der Waals surface area contributed by atoms with Gasteiger partial charge in [0.05, 0.1) is 26.4 Å². The van der Waals surface area contributed by atoms with Gasteiger partial charge in [-0.3, -0.25) is 0 Å². The van der Waals surface area contributed by atoms with Crippen LogP contribution in [0.1, 0.15) is 24.0 Å². The van der Waals surface area contributed by atoms with Crippen molar-refractivity contribution in [3.63, 3.8) is 0 Å². The summed E-state index contributed by atoms with van der Waals surface area (Å²) in [5.74, 6) is 0.769. The van der Waals surface area contributed by atoms with Crippen LogP contribution < -0.4 is 0 Å². The molecule has 5 atom stereocenters. The molecule has 2 aromatic rings. The molecule has 2 aromatic carbocycles. The topological polar surface area (TPSA) is 94.9 Å². The second kappa shape index (κ2) is 16.4. The monoisotopic (exact) mass is 513 g/mol. The van der Waals surface area contributed by atoms with Gasteiger partial charge in [0, 0.05) is 11.5 Å². The number of hydrogen-bond donors (Lipinski definition) is 1. The van der Waals surface area contributed by atoms with Crippen LogP contribution in [0.3, 0.4) is 0 Å². The Morgan fingerprint density at radius 1 is 0.944 bits per heavy atom. The van der Waals surface area contributed by atoms with Crippen molar-refractivity contribution in [2.75, 3.05) is 25.6 Å². The van der Waals surface area contributed by atoms with Crippen LogP contribution in [0.2, 0.25) is 0 Å². The van der Waals surface area contributed by atoms with E-state index in [2.05, 4.69) is 29.2 Å². The summed E-state index contributed by atoms with van der Waals surface area (Å²) in [7, 11) is 0. The fourth-order valence-electron chi connectivity index (χ4n) is 3.96. The first-order valence-electron chi connectivity index (χ1n) is 12.2. The van der Waals surface area contributed by atoms with E-state index in [0.29, 0.717) is 19.8 Å². The van der Waals surface area contributed by atoms with Crippen molar-refractivity contribution < 1.29 is 23.7 Å². The van der Waals surface area contributed by atoms with E-state index in [1.54, 1.807) is 6.08 Å². The summed E-state index contributed by atoms with van der Waals surface area (Å²) in [6, 6.07) is 19.0. The zero-order valence-electron chi connectivity index (χ0n) is 20.4. The summed E-state index contributed by atoms with van der Waals surface area (Å²) in [6.45, 7) is 5.50. The van der Waals surface area contributed by atoms with Gasteiger partial charge in [-0.1, -0.05) is 71.9 Å². The van der Waals surface area contributed by atoms with E-state index in [0.717, 1.165) is 29.7 Å². The van der Waals surface area contributed by atoms with E-state index in [1.807, 2.05) is 60.7 Å². The molecule has 0 N–H and O–H groups in total. The molecule has 0 spiro atoms. The lowest BCUT2D eigenvalue weighted by Crippen LogP contribution is -2.60. The Kier molecular flexibility index (Phi) is 12.9. The van der Waals surface area contributed by atoms with Crippen molar-refractivity contribution in [3.8, 4) is 0 Å². The van der Waals surface area contributed by atoms with Gasteiger partial charge < -0.3 is 23.7 Å². The van der Waals surface area contributed by atoms with E-state index >= 15 is 0 Å². The summed E-state index contributed by atoms with van der Waals surface area (Å²) < 4.78 is 30.8. The molecule has 0 saturated carbocycles. The molecular weight excluding hydrogens is 478 g/mol. The Hall–Kier alpha value is -2.36. The molecule has 0 bridgehead atoms. The minimum atomic E-state index is -0.796. The van der Waals surface area contributed by atoms with Crippen LogP contribution in [0.15, 0.2) is 78.4 Å². The number of benzene rings is 2. The van der Waals surface area contributed by atoms with Crippen LogP contribution in [-0.2, 0) is 36.9 Å². The van der Waals surface area contributed by atoms with E-state index in [9.17, 15) is 5.53 Å². The minimum absolute atomic E-state index is 0.251. The van der Waals surface area contributed by atoms with Crippen LogP contribution in [0.5, 0.6) is 0 Å². The zero-order valence-corrected chi connectivity index (χ0v) is 21.3. The lowest BCUT2D eigenvalue weighted by Gasteiger charge is -2.44. The maximum absolute atomic E-state index is 9.34. The van der Waals surface area contributed by atoms with Gasteiger partial charge in [-0.05, 0) is 35.3 Å². The maximum atomic E-state index is 9.34. The smallest absolute Gasteiger partial charge is 0.169 e. The second-order valence-corrected chi connectivity index (χ2v) is 8.84. The lowest BCUT2D eigenvalue weighted by atomic mass is 9.96. The highest BCUT2D eigenvalue weighted by molar-refractivity contribution is 7.80. The molecule has 0 radical (unpaired) electrons. The molecule has 0 unspecified atom stereocenters. The van der Waals surface area contributed by atoms with Crippen molar-refractivity contribution in [1.82, 2.24) is 0 Å². The Morgan fingerprint density at radius 3 is 2.28 bits per heavy atom. The maximum Gasteiger partial charge on any atom is 0.169 e. The van der Waals surface area contributed by atoms with Crippen molar-refractivity contribution >= 4 is 12.6 Å². The standard InChI is InChI=1S/C27H35N3O5S/c1-2-15-32-25-23(20-31-18-21-11-5-3-6-12-21)35-27(33-16-9-10-17-36)24(29-30-28)26(25)34-19-22-13-7-4-8-14-22/h2-8,11-14,23-27,36H,1,9-10,15-20H2/t23-,24-,25-,26-,27-/m1/s1. The SMILES string of the molecule is C=CCO[C@H]1[C@H](OCc2ccccc2)[C@@H](N=[N+]=[N-])[C@H](OCCCCS)O[C@@H]1COCc1ccccc1. The first-order chi connectivity index (χ1) is 17.8. The summed E-state index contributed by atoms with van der Waals surface area (Å²) in [4.78, 5) is 3.07. The first-order valence-corrected chi connectivity index (χ1v) is 12.8. The molecule has 1 fully saturated rings. The lowest BCUT2D eigenvalue weighted by molar-refractivity contribution is -0.283. The second-order valence-electron chi connectivity index (χ2n) is 8.39. The average Bonchev–Trinajstić information content (AvgIpc) is 2.91. The molecule has 1 saturated heterocycles. The zero-order chi connectivity index (χ0) is 25.4. The molecule has 3 rings (SSSR count). The molecule has 0 amide bonds. The number of rotatable bonds is 16. The van der Waals surface area contributed by atoms with Gasteiger partial charge in [-0.25, -0.2) is 0 Å². The molecule has 194 valence electrons. The number of azide groups is 1. The molecule has 0 aromatic heterocycles. The predicted octanol–water partition coefficient (Wildman–Crippen LogP) is 5.49. The van der Waals surface area contributed by atoms with Gasteiger partial charge in [0.2, 0.25) is 0 Å². The van der Waals surface area contributed by atoms with Crippen LogP contribution in [0.25, 0.3) is 10.4 Å². The first kappa shape index (κ1) is 28.2. The Labute approximate surface area is 218 Å². The van der Waals surface area contributed by atoms with Crippen molar-refractivity contribution in [1.29, 1.82) is 0 Å². The molecular formula is C27H35N3O5S. The normalized spacial score (nSPS) is 23.6. The van der Waals surface area contributed by atoms with E-state index < -0.39 is 30.6 Å². The third kappa shape index (κ3) is 8.94. The van der Waals surface area contributed by atoms with Gasteiger partial charge in [-0.2, -0.15) is 12.6 Å². The van der Waals surface area contributed by atoms with Gasteiger partial charge in [0.15, 0.2) is 6.29 Å². The number of hydrogen-bond acceptors (Lipinski definition) is 7. The molecule has 1 heterocycles. The molecule has 1 aliphatic rings. The molecule has 1 aliphatic heterocycles. The van der Waals surface area contributed by atoms with E-state index in [-0.39, 0.29) is 13.2 Å². The van der Waals surface area contributed by atoms with Crippen molar-refractivity contribution in [2.45, 2.75) is 56.7 Å². The van der Waals surface area contributed by atoms with Gasteiger partial charge in [0.25, 0.3) is 0 Å². The summed E-state index contributed by atoms with van der Waals surface area (Å²) in [5, 5.41) is 4.02.